The minimum atomic E-state index is 0.843. The highest BCUT2D eigenvalue weighted by molar-refractivity contribution is 5.80. The van der Waals surface area contributed by atoms with Crippen molar-refractivity contribution in [2.24, 2.45) is 17.4 Å². The standard InChI is InChI=1S/C10H24N2.C6H4/c1-10(6-2-4-8-11)7-3-5-9-12;1-2-5-4-6(5)3-1/h10H,2-9,11-12H2,1H3;1-4H. The molecule has 0 aromatic carbocycles. The SMILES string of the molecule is CC(CCCCN)CCCCN.c1cc2cc-2c1. The predicted octanol–water partition coefficient (Wildman–Crippen LogP) is 3.55. The van der Waals surface area contributed by atoms with Gasteiger partial charge in [-0.25, -0.2) is 0 Å². The molecule has 2 rings (SSSR count). The van der Waals surface area contributed by atoms with Crippen LogP contribution < -0.4 is 11.5 Å². The Bertz CT molecular complexity index is 295. The Morgan fingerprint density at radius 2 is 1.39 bits per heavy atom. The third-order valence-corrected chi connectivity index (χ3v) is 3.41. The Hall–Kier alpha value is -0.860. The second-order valence-corrected chi connectivity index (χ2v) is 5.25. The summed E-state index contributed by atoms with van der Waals surface area (Å²) in [6.07, 6.45) is 7.62. The summed E-state index contributed by atoms with van der Waals surface area (Å²) in [4.78, 5) is 0. The van der Waals surface area contributed by atoms with Gasteiger partial charge >= 0.3 is 0 Å². The largest absolute Gasteiger partial charge is 0.330 e. The number of hydrogen-bond acceptors (Lipinski definition) is 2. The van der Waals surface area contributed by atoms with Crippen LogP contribution in [0.25, 0.3) is 11.1 Å². The van der Waals surface area contributed by atoms with Gasteiger partial charge in [0.1, 0.15) is 0 Å². The van der Waals surface area contributed by atoms with Crippen LogP contribution in [0.1, 0.15) is 45.4 Å². The Labute approximate surface area is 112 Å². The van der Waals surface area contributed by atoms with E-state index in [1.165, 1.54) is 49.7 Å². The highest BCUT2D eigenvalue weighted by atomic mass is 14.5. The van der Waals surface area contributed by atoms with Gasteiger partial charge < -0.3 is 11.5 Å². The van der Waals surface area contributed by atoms with Crippen LogP contribution >= 0.6 is 0 Å². The first-order valence-electron chi connectivity index (χ1n) is 7.28. The molecule has 4 N–H and O–H groups in total. The van der Waals surface area contributed by atoms with Crippen molar-refractivity contribution in [1.82, 2.24) is 0 Å². The maximum absolute atomic E-state index is 5.42. The average Bonchev–Trinajstić information content (AvgIpc) is 2.98. The molecule has 0 bridgehead atoms. The van der Waals surface area contributed by atoms with Gasteiger partial charge in [0, 0.05) is 0 Å². The Kier molecular flexibility index (Phi) is 7.70. The van der Waals surface area contributed by atoms with Crippen LogP contribution in [0.5, 0.6) is 0 Å². The van der Waals surface area contributed by atoms with Crippen molar-refractivity contribution in [3.05, 3.63) is 24.3 Å². The van der Waals surface area contributed by atoms with Crippen molar-refractivity contribution in [3.8, 4) is 11.1 Å². The average molecular weight is 248 g/mol. The molecule has 0 aliphatic heterocycles. The normalized spacial score (nSPS) is 11.1. The summed E-state index contributed by atoms with van der Waals surface area (Å²) in [6, 6.07) is 8.48. The monoisotopic (exact) mass is 248 g/mol. The van der Waals surface area contributed by atoms with Gasteiger partial charge in [-0.1, -0.05) is 50.8 Å². The number of hydrogen-bond donors (Lipinski definition) is 2. The fourth-order valence-electron chi connectivity index (χ4n) is 2.09. The van der Waals surface area contributed by atoms with Crippen LogP contribution in [0.15, 0.2) is 24.3 Å². The number of fused-ring (bicyclic) bond motifs is 1. The molecule has 0 amide bonds. The first kappa shape index (κ1) is 15.2. The number of unbranched alkanes of at least 4 members (excludes halogenated alkanes) is 2. The van der Waals surface area contributed by atoms with E-state index in [2.05, 4.69) is 31.2 Å². The number of rotatable bonds is 8. The Morgan fingerprint density at radius 3 is 1.67 bits per heavy atom. The van der Waals surface area contributed by atoms with Crippen LogP contribution in [0.2, 0.25) is 0 Å². The number of nitrogens with two attached hydrogens (primary N) is 2. The van der Waals surface area contributed by atoms with Crippen molar-refractivity contribution in [3.63, 3.8) is 0 Å². The topological polar surface area (TPSA) is 52.0 Å². The first-order valence-corrected chi connectivity index (χ1v) is 7.28. The predicted molar refractivity (Wildman–Crippen MR) is 80.4 cm³/mol. The fourth-order valence-corrected chi connectivity index (χ4v) is 2.09. The van der Waals surface area contributed by atoms with E-state index in [4.69, 9.17) is 11.5 Å². The molecular weight excluding hydrogens is 220 g/mol. The number of benzene rings is 1. The van der Waals surface area contributed by atoms with Crippen LogP contribution in [0, 0.1) is 5.92 Å². The molecule has 0 radical (unpaired) electrons. The maximum Gasteiger partial charge on any atom is -0.00773 e. The van der Waals surface area contributed by atoms with Gasteiger partial charge in [0.15, 0.2) is 0 Å². The smallest absolute Gasteiger partial charge is 0.00773 e. The quantitative estimate of drug-likeness (QED) is 0.702. The van der Waals surface area contributed by atoms with Gasteiger partial charge in [-0.3, -0.25) is 0 Å². The van der Waals surface area contributed by atoms with Crippen molar-refractivity contribution in [2.75, 3.05) is 13.1 Å². The summed E-state index contributed by atoms with van der Waals surface area (Å²) in [6.45, 7) is 4.01. The van der Waals surface area contributed by atoms with Gasteiger partial charge in [-0.15, -0.1) is 0 Å². The summed E-state index contributed by atoms with van der Waals surface area (Å²) < 4.78 is 0. The van der Waals surface area contributed by atoms with Crippen molar-refractivity contribution < 1.29 is 0 Å². The summed E-state index contributed by atoms with van der Waals surface area (Å²) in [7, 11) is 0. The van der Waals surface area contributed by atoms with Gasteiger partial charge in [-0.2, -0.15) is 0 Å². The molecule has 2 aliphatic carbocycles. The molecule has 2 nitrogen and oxygen atoms in total. The van der Waals surface area contributed by atoms with Gasteiger partial charge in [0.05, 0.1) is 0 Å². The molecule has 0 saturated heterocycles. The lowest BCUT2D eigenvalue weighted by atomic mass is 9.98. The Balaban J connectivity index is 0.000000217. The maximum atomic E-state index is 5.42. The molecule has 0 unspecified atom stereocenters. The molecule has 0 aromatic heterocycles. The molecule has 0 heterocycles. The van der Waals surface area contributed by atoms with Crippen molar-refractivity contribution >= 4 is 0 Å². The van der Waals surface area contributed by atoms with Gasteiger partial charge in [0.2, 0.25) is 0 Å². The molecule has 102 valence electrons. The van der Waals surface area contributed by atoms with E-state index in [9.17, 15) is 0 Å². The first-order chi connectivity index (χ1) is 8.77. The zero-order valence-corrected chi connectivity index (χ0v) is 11.7. The molecule has 0 fully saturated rings. The van der Waals surface area contributed by atoms with E-state index >= 15 is 0 Å². The van der Waals surface area contributed by atoms with Crippen LogP contribution in [0.3, 0.4) is 0 Å². The molecule has 2 aliphatic rings. The summed E-state index contributed by atoms with van der Waals surface area (Å²) >= 11 is 0. The molecule has 0 atom stereocenters. The molecule has 0 saturated carbocycles. The highest BCUT2D eigenvalue weighted by Crippen LogP contribution is 2.32. The molecule has 2 heteroatoms. The minimum Gasteiger partial charge on any atom is -0.330 e. The Morgan fingerprint density at radius 1 is 0.889 bits per heavy atom. The van der Waals surface area contributed by atoms with E-state index in [1.807, 2.05) is 0 Å². The highest BCUT2D eigenvalue weighted by Gasteiger charge is 2.07. The van der Waals surface area contributed by atoms with Gasteiger partial charge in [-0.05, 0) is 49.0 Å². The summed E-state index contributed by atoms with van der Waals surface area (Å²) in [5.74, 6) is 0.864. The molecular formula is C16H28N2. The lowest BCUT2D eigenvalue weighted by Crippen LogP contribution is -2.02. The van der Waals surface area contributed by atoms with E-state index in [0.29, 0.717) is 0 Å². The van der Waals surface area contributed by atoms with Crippen molar-refractivity contribution in [1.29, 1.82) is 0 Å². The van der Waals surface area contributed by atoms with Gasteiger partial charge in [0.25, 0.3) is 0 Å². The lowest BCUT2D eigenvalue weighted by Gasteiger charge is -2.09. The third-order valence-electron chi connectivity index (χ3n) is 3.41. The van der Waals surface area contributed by atoms with Crippen LogP contribution in [-0.2, 0) is 0 Å². The van der Waals surface area contributed by atoms with E-state index < -0.39 is 0 Å². The third kappa shape index (κ3) is 6.77. The second kappa shape index (κ2) is 9.12. The fraction of sp³-hybridized carbons (Fsp3) is 0.625. The molecule has 0 spiro atoms. The van der Waals surface area contributed by atoms with Crippen molar-refractivity contribution in [2.45, 2.75) is 45.4 Å². The molecule has 18 heavy (non-hydrogen) atoms. The van der Waals surface area contributed by atoms with Crippen LogP contribution in [-0.4, -0.2) is 13.1 Å². The lowest BCUT2D eigenvalue weighted by molar-refractivity contribution is 0.448. The van der Waals surface area contributed by atoms with Crippen LogP contribution in [0.4, 0.5) is 0 Å². The zero-order chi connectivity index (χ0) is 13.2. The van der Waals surface area contributed by atoms with E-state index in [1.54, 1.807) is 0 Å². The van der Waals surface area contributed by atoms with E-state index in [0.717, 1.165) is 19.0 Å². The zero-order valence-electron chi connectivity index (χ0n) is 11.7. The summed E-state index contributed by atoms with van der Waals surface area (Å²) in [5.41, 5.74) is 13.7. The second-order valence-electron chi connectivity index (χ2n) is 5.25. The van der Waals surface area contributed by atoms with E-state index in [-0.39, 0.29) is 0 Å². The minimum absolute atomic E-state index is 0.843. The summed E-state index contributed by atoms with van der Waals surface area (Å²) in [5, 5.41) is 0. The molecule has 0 aromatic rings.